The fourth-order valence-corrected chi connectivity index (χ4v) is 3.66. The number of halogens is 1. The van der Waals surface area contributed by atoms with Crippen LogP contribution in [0, 0.1) is 17.1 Å². The Morgan fingerprint density at radius 2 is 1.85 bits per heavy atom. The molecule has 1 amide bonds. The van der Waals surface area contributed by atoms with E-state index >= 15 is 0 Å². The van der Waals surface area contributed by atoms with Gasteiger partial charge in [-0.2, -0.15) is 5.26 Å². The van der Waals surface area contributed by atoms with Crippen LogP contribution < -0.4 is 5.32 Å². The number of benzene rings is 3. The Labute approximate surface area is 195 Å². The van der Waals surface area contributed by atoms with Crippen molar-refractivity contribution in [3.8, 4) is 6.07 Å². The molecule has 34 heavy (non-hydrogen) atoms. The van der Waals surface area contributed by atoms with Crippen LogP contribution in [0.25, 0.3) is 17.0 Å². The maximum Gasteiger partial charge on any atom is 0.337 e. The topological polar surface area (TPSA) is 84.1 Å². The standard InChI is InChI=1S/C27H20FN3O3/c1-34-27(33)19-9-11-23(12-10-19)30-26(32)20(15-29)14-21-17-31(25-8-3-2-7-24(21)25)16-18-5-4-6-22(28)13-18/h2-14,17H,16H2,1H3,(H,30,32)/b20-14+. The third-order valence-electron chi connectivity index (χ3n) is 5.29. The molecule has 4 aromatic rings. The van der Waals surface area contributed by atoms with Crippen LogP contribution in [0.2, 0.25) is 0 Å². The van der Waals surface area contributed by atoms with Crippen molar-refractivity contribution in [1.29, 1.82) is 5.26 Å². The van der Waals surface area contributed by atoms with E-state index in [4.69, 9.17) is 0 Å². The van der Waals surface area contributed by atoms with E-state index in [1.54, 1.807) is 18.2 Å². The van der Waals surface area contributed by atoms with Gasteiger partial charge in [-0.3, -0.25) is 4.79 Å². The van der Waals surface area contributed by atoms with Gasteiger partial charge >= 0.3 is 5.97 Å². The Hall–Kier alpha value is -4.70. The summed E-state index contributed by atoms with van der Waals surface area (Å²) in [7, 11) is 1.29. The Kier molecular flexibility index (Phi) is 6.51. The highest BCUT2D eigenvalue weighted by molar-refractivity contribution is 6.11. The van der Waals surface area contributed by atoms with Crippen LogP contribution in [0.1, 0.15) is 21.5 Å². The number of methoxy groups -OCH3 is 1. The maximum absolute atomic E-state index is 13.6. The van der Waals surface area contributed by atoms with Gasteiger partial charge in [0.2, 0.25) is 0 Å². The maximum atomic E-state index is 13.6. The average molecular weight is 453 g/mol. The van der Waals surface area contributed by atoms with E-state index < -0.39 is 11.9 Å². The highest BCUT2D eigenvalue weighted by Crippen LogP contribution is 2.25. The number of nitriles is 1. The number of carbonyl (C=O) groups is 2. The Balaban J connectivity index is 1.62. The average Bonchev–Trinajstić information content (AvgIpc) is 3.19. The lowest BCUT2D eigenvalue weighted by Crippen LogP contribution is -2.13. The monoisotopic (exact) mass is 453 g/mol. The van der Waals surface area contributed by atoms with Crippen LogP contribution in [0.5, 0.6) is 0 Å². The predicted octanol–water partition coefficient (Wildman–Crippen LogP) is 5.16. The summed E-state index contributed by atoms with van der Waals surface area (Å²) >= 11 is 0. The summed E-state index contributed by atoms with van der Waals surface area (Å²) in [6.45, 7) is 0.437. The van der Waals surface area contributed by atoms with Gasteiger partial charge in [0.15, 0.2) is 0 Å². The Morgan fingerprint density at radius 3 is 2.56 bits per heavy atom. The number of hydrogen-bond donors (Lipinski definition) is 1. The molecule has 0 unspecified atom stereocenters. The van der Waals surface area contributed by atoms with Gasteiger partial charge in [0.25, 0.3) is 5.91 Å². The molecule has 0 spiro atoms. The molecule has 1 N–H and O–H groups in total. The molecule has 0 radical (unpaired) electrons. The van der Waals surface area contributed by atoms with Crippen molar-refractivity contribution in [3.63, 3.8) is 0 Å². The summed E-state index contributed by atoms with van der Waals surface area (Å²) in [5.74, 6) is -1.36. The van der Waals surface area contributed by atoms with Crippen molar-refractivity contribution in [2.24, 2.45) is 0 Å². The first kappa shape index (κ1) is 22.5. The summed E-state index contributed by atoms with van der Waals surface area (Å²) in [5, 5.41) is 13.2. The molecule has 0 atom stereocenters. The number of anilines is 1. The number of rotatable bonds is 6. The van der Waals surface area contributed by atoms with Crippen molar-refractivity contribution < 1.29 is 18.7 Å². The molecule has 0 aliphatic carbocycles. The zero-order valence-electron chi connectivity index (χ0n) is 18.3. The molecule has 1 aromatic heterocycles. The van der Waals surface area contributed by atoms with E-state index in [1.165, 1.54) is 37.5 Å². The van der Waals surface area contributed by atoms with Crippen molar-refractivity contribution in [2.75, 3.05) is 12.4 Å². The van der Waals surface area contributed by atoms with Crippen molar-refractivity contribution in [1.82, 2.24) is 4.57 Å². The minimum absolute atomic E-state index is 0.0781. The normalized spacial score (nSPS) is 11.1. The minimum atomic E-state index is -0.574. The molecule has 168 valence electrons. The number of nitrogens with zero attached hydrogens (tertiary/aromatic N) is 2. The zero-order chi connectivity index (χ0) is 24.1. The summed E-state index contributed by atoms with van der Waals surface area (Å²) in [5.41, 5.74) is 3.10. The van der Waals surface area contributed by atoms with Crippen molar-refractivity contribution in [2.45, 2.75) is 6.54 Å². The number of ether oxygens (including phenoxy) is 1. The first-order valence-electron chi connectivity index (χ1n) is 10.4. The molecule has 0 bridgehead atoms. The highest BCUT2D eigenvalue weighted by Gasteiger charge is 2.14. The van der Waals surface area contributed by atoms with E-state index in [0.717, 1.165) is 16.5 Å². The van der Waals surface area contributed by atoms with Crippen molar-refractivity contribution >= 4 is 34.5 Å². The van der Waals surface area contributed by atoms with Gasteiger partial charge in [-0.05, 0) is 54.1 Å². The lowest BCUT2D eigenvalue weighted by Gasteiger charge is -2.05. The van der Waals surface area contributed by atoms with Gasteiger partial charge in [0.1, 0.15) is 17.5 Å². The van der Waals surface area contributed by atoms with E-state index in [9.17, 15) is 19.2 Å². The van der Waals surface area contributed by atoms with Crippen LogP contribution >= 0.6 is 0 Å². The fraction of sp³-hybridized carbons (Fsp3) is 0.0741. The summed E-state index contributed by atoms with van der Waals surface area (Å²) in [6.07, 6.45) is 3.37. The van der Waals surface area contributed by atoms with E-state index in [0.29, 0.717) is 23.4 Å². The van der Waals surface area contributed by atoms with Gasteiger partial charge in [-0.25, -0.2) is 9.18 Å². The molecule has 4 rings (SSSR count). The summed E-state index contributed by atoms with van der Waals surface area (Å²) < 4.78 is 20.2. The first-order chi connectivity index (χ1) is 16.5. The lowest BCUT2D eigenvalue weighted by atomic mass is 10.1. The predicted molar refractivity (Wildman–Crippen MR) is 127 cm³/mol. The summed E-state index contributed by atoms with van der Waals surface area (Å²) in [6, 6.07) is 22.1. The van der Waals surface area contributed by atoms with Crippen LogP contribution in [0.4, 0.5) is 10.1 Å². The molecule has 0 fully saturated rings. The Morgan fingerprint density at radius 1 is 1.09 bits per heavy atom. The second-order valence-corrected chi connectivity index (χ2v) is 7.55. The minimum Gasteiger partial charge on any atom is -0.465 e. The number of para-hydroxylation sites is 1. The van der Waals surface area contributed by atoms with Gasteiger partial charge < -0.3 is 14.6 Å². The van der Waals surface area contributed by atoms with Crippen LogP contribution in [0.3, 0.4) is 0 Å². The first-order valence-corrected chi connectivity index (χ1v) is 10.4. The molecule has 6 nitrogen and oxygen atoms in total. The number of nitrogens with one attached hydrogen (secondary N) is 1. The number of esters is 1. The van der Waals surface area contributed by atoms with Crippen molar-refractivity contribution in [3.05, 3.63) is 107 Å². The number of amides is 1. The van der Waals surface area contributed by atoms with Gasteiger partial charge in [-0.1, -0.05) is 30.3 Å². The molecule has 0 aliphatic heterocycles. The number of carbonyl (C=O) groups excluding carboxylic acids is 2. The van der Waals surface area contributed by atoms with Crippen LogP contribution in [-0.2, 0) is 16.1 Å². The quantitative estimate of drug-likeness (QED) is 0.248. The van der Waals surface area contributed by atoms with Gasteiger partial charge in [0.05, 0.1) is 12.7 Å². The highest BCUT2D eigenvalue weighted by atomic mass is 19.1. The molecule has 0 saturated carbocycles. The largest absolute Gasteiger partial charge is 0.465 e. The third-order valence-corrected chi connectivity index (χ3v) is 5.29. The van der Waals surface area contributed by atoms with E-state index in [-0.39, 0.29) is 11.4 Å². The molecule has 0 aliphatic rings. The SMILES string of the molecule is COC(=O)c1ccc(NC(=O)/C(C#N)=C/c2cn(Cc3cccc(F)c3)c3ccccc23)cc1. The molecule has 3 aromatic carbocycles. The smallest absolute Gasteiger partial charge is 0.337 e. The van der Waals surface area contributed by atoms with Crippen LogP contribution in [-0.4, -0.2) is 23.6 Å². The molecule has 1 heterocycles. The molecular weight excluding hydrogens is 433 g/mol. The second-order valence-electron chi connectivity index (χ2n) is 7.55. The lowest BCUT2D eigenvalue weighted by molar-refractivity contribution is -0.112. The fourth-order valence-electron chi connectivity index (χ4n) is 3.66. The van der Waals surface area contributed by atoms with Gasteiger partial charge in [-0.15, -0.1) is 0 Å². The molecular formula is C27H20FN3O3. The zero-order valence-corrected chi connectivity index (χ0v) is 18.3. The number of aromatic nitrogens is 1. The number of hydrogen-bond acceptors (Lipinski definition) is 4. The third kappa shape index (κ3) is 4.87. The molecule has 0 saturated heterocycles. The molecule has 7 heteroatoms. The van der Waals surface area contributed by atoms with Crippen LogP contribution in [0.15, 0.2) is 84.6 Å². The number of fused-ring (bicyclic) bond motifs is 1. The Bertz CT molecular complexity index is 1450. The second kappa shape index (κ2) is 9.84. The van der Waals surface area contributed by atoms with E-state index in [1.807, 2.05) is 47.2 Å². The van der Waals surface area contributed by atoms with E-state index in [2.05, 4.69) is 10.1 Å². The van der Waals surface area contributed by atoms with Gasteiger partial charge in [0, 0.05) is 34.9 Å². The summed E-state index contributed by atoms with van der Waals surface area (Å²) in [4.78, 5) is 24.3.